The Morgan fingerprint density at radius 3 is 1.76 bits per heavy atom. The van der Waals surface area contributed by atoms with Crippen molar-refractivity contribution in [2.45, 2.75) is 95.6 Å². The molecule has 0 saturated heterocycles. The normalized spacial score (nSPS) is 26.9. The van der Waals surface area contributed by atoms with E-state index in [2.05, 4.69) is 4.90 Å². The van der Waals surface area contributed by atoms with Gasteiger partial charge in [0.15, 0.2) is 0 Å². The van der Waals surface area contributed by atoms with Gasteiger partial charge in [0.1, 0.15) is 0 Å². The maximum Gasteiger partial charge on any atom is 0.0733 e. The number of rotatable bonds is 6. The van der Waals surface area contributed by atoms with Gasteiger partial charge in [-0.2, -0.15) is 0 Å². The molecule has 3 rings (SSSR count). The van der Waals surface area contributed by atoms with Crippen LogP contribution in [0.2, 0.25) is 0 Å². The van der Waals surface area contributed by atoms with E-state index in [1.54, 1.807) is 0 Å². The second-order valence-corrected chi connectivity index (χ2v) is 8.42. The molecule has 3 heteroatoms. The number of hydrogen-bond donors (Lipinski definition) is 1. The van der Waals surface area contributed by atoms with Crippen LogP contribution in [-0.2, 0) is 0 Å². The zero-order valence-electron chi connectivity index (χ0n) is 13.5. The highest BCUT2D eigenvalue weighted by Crippen LogP contribution is 2.50. The molecule has 0 aromatic rings. The van der Waals surface area contributed by atoms with Crippen LogP contribution in [0.5, 0.6) is 0 Å². The third-order valence-electron chi connectivity index (χ3n) is 6.11. The van der Waals surface area contributed by atoms with E-state index in [9.17, 15) is 0 Å². The van der Waals surface area contributed by atoms with Gasteiger partial charge in [0.05, 0.1) is 4.99 Å². The Balaban J connectivity index is 1.67. The second-order valence-electron chi connectivity index (χ2n) is 7.90. The topological polar surface area (TPSA) is 29.3 Å². The fourth-order valence-corrected chi connectivity index (χ4v) is 5.01. The van der Waals surface area contributed by atoms with Crippen LogP contribution in [0.3, 0.4) is 0 Å². The largest absolute Gasteiger partial charge is 0.393 e. The van der Waals surface area contributed by atoms with E-state index >= 15 is 0 Å². The average Bonchev–Trinajstić information content (AvgIpc) is 3.25. The van der Waals surface area contributed by atoms with E-state index in [0.29, 0.717) is 5.41 Å². The summed E-state index contributed by atoms with van der Waals surface area (Å²) in [6.45, 7) is 1.28. The van der Waals surface area contributed by atoms with Crippen molar-refractivity contribution in [3.05, 3.63) is 0 Å². The lowest BCUT2D eigenvalue weighted by atomic mass is 9.87. The number of thiocarbonyl (C=S) groups is 1. The highest BCUT2D eigenvalue weighted by Gasteiger charge is 2.46. The van der Waals surface area contributed by atoms with Crippen molar-refractivity contribution in [1.29, 1.82) is 0 Å². The van der Waals surface area contributed by atoms with Crippen molar-refractivity contribution in [2.24, 2.45) is 11.1 Å². The monoisotopic (exact) mass is 308 g/mol. The molecule has 0 aliphatic heterocycles. The Morgan fingerprint density at radius 1 is 0.905 bits per heavy atom. The van der Waals surface area contributed by atoms with Crippen LogP contribution in [-0.4, -0.2) is 28.5 Å². The lowest BCUT2D eigenvalue weighted by Crippen LogP contribution is -2.48. The minimum atomic E-state index is 0.459. The summed E-state index contributed by atoms with van der Waals surface area (Å²) in [7, 11) is 0. The van der Waals surface area contributed by atoms with Gasteiger partial charge in [-0.25, -0.2) is 0 Å². The van der Waals surface area contributed by atoms with E-state index in [0.717, 1.165) is 23.5 Å². The quantitative estimate of drug-likeness (QED) is 0.737. The van der Waals surface area contributed by atoms with Gasteiger partial charge in [-0.05, 0) is 43.9 Å². The molecule has 21 heavy (non-hydrogen) atoms. The first kappa shape index (κ1) is 15.7. The van der Waals surface area contributed by atoms with Gasteiger partial charge in [-0.1, -0.05) is 50.7 Å². The first-order valence-corrected chi connectivity index (χ1v) is 9.63. The van der Waals surface area contributed by atoms with Crippen molar-refractivity contribution >= 4 is 17.2 Å². The van der Waals surface area contributed by atoms with Crippen LogP contribution in [0, 0.1) is 5.41 Å². The summed E-state index contributed by atoms with van der Waals surface area (Å²) in [6, 6.07) is 1.70. The molecule has 0 unspecified atom stereocenters. The molecular weight excluding hydrogens is 276 g/mol. The van der Waals surface area contributed by atoms with Crippen molar-refractivity contribution in [2.75, 3.05) is 6.54 Å². The molecule has 0 aromatic carbocycles. The average molecular weight is 309 g/mol. The standard InChI is InChI=1S/C18H32N2S/c19-17(21)13-18(11-12-18)14-20(15-7-3-1-4-8-15)16-9-5-2-6-10-16/h15-16H,1-14H2,(H2,19,21). The molecule has 0 bridgehead atoms. The molecule has 0 spiro atoms. The highest BCUT2D eigenvalue weighted by molar-refractivity contribution is 7.80. The highest BCUT2D eigenvalue weighted by atomic mass is 32.1. The summed E-state index contributed by atoms with van der Waals surface area (Å²) >= 11 is 5.21. The van der Waals surface area contributed by atoms with Crippen LogP contribution in [0.25, 0.3) is 0 Å². The molecule has 0 atom stereocenters. The van der Waals surface area contributed by atoms with E-state index < -0.39 is 0 Å². The second kappa shape index (κ2) is 6.95. The molecule has 3 fully saturated rings. The molecule has 0 radical (unpaired) electrons. The number of nitrogens with zero attached hydrogens (tertiary/aromatic N) is 1. The van der Waals surface area contributed by atoms with Gasteiger partial charge in [-0.15, -0.1) is 0 Å². The van der Waals surface area contributed by atoms with Crippen LogP contribution in [0.4, 0.5) is 0 Å². The molecule has 0 amide bonds. The lowest BCUT2D eigenvalue weighted by molar-refractivity contribution is 0.0603. The Bertz CT molecular complexity index is 334. The maximum atomic E-state index is 5.86. The van der Waals surface area contributed by atoms with Gasteiger partial charge < -0.3 is 5.73 Å². The molecule has 0 heterocycles. The van der Waals surface area contributed by atoms with Gasteiger partial charge in [0.25, 0.3) is 0 Å². The Hall–Kier alpha value is -0.150. The Morgan fingerprint density at radius 2 is 1.38 bits per heavy atom. The Labute approximate surface area is 135 Å². The molecular formula is C18H32N2S. The van der Waals surface area contributed by atoms with E-state index in [1.165, 1.54) is 83.6 Å². The molecule has 120 valence electrons. The number of nitrogens with two attached hydrogens (primary N) is 1. The first-order valence-electron chi connectivity index (χ1n) is 9.23. The van der Waals surface area contributed by atoms with Crippen LogP contribution >= 0.6 is 12.2 Å². The van der Waals surface area contributed by atoms with E-state index in [-0.39, 0.29) is 0 Å². The predicted octanol–water partition coefficient (Wildman–Crippen LogP) is 4.41. The molecule has 3 saturated carbocycles. The van der Waals surface area contributed by atoms with Crippen molar-refractivity contribution < 1.29 is 0 Å². The summed E-state index contributed by atoms with van der Waals surface area (Å²) in [4.78, 5) is 3.67. The van der Waals surface area contributed by atoms with Gasteiger partial charge in [0.2, 0.25) is 0 Å². The third kappa shape index (κ3) is 4.19. The van der Waals surface area contributed by atoms with Crippen molar-refractivity contribution in [1.82, 2.24) is 4.90 Å². The van der Waals surface area contributed by atoms with Crippen LogP contribution in [0.15, 0.2) is 0 Å². The third-order valence-corrected chi connectivity index (χ3v) is 6.26. The fourth-order valence-electron chi connectivity index (χ4n) is 4.71. The zero-order valence-corrected chi connectivity index (χ0v) is 14.3. The van der Waals surface area contributed by atoms with E-state index in [4.69, 9.17) is 18.0 Å². The molecule has 2 N–H and O–H groups in total. The summed E-state index contributed by atoms with van der Waals surface area (Å²) < 4.78 is 0. The summed E-state index contributed by atoms with van der Waals surface area (Å²) in [5.74, 6) is 0. The fraction of sp³-hybridized carbons (Fsp3) is 0.944. The van der Waals surface area contributed by atoms with Gasteiger partial charge in [-0.3, -0.25) is 4.90 Å². The van der Waals surface area contributed by atoms with Crippen molar-refractivity contribution in [3.63, 3.8) is 0 Å². The summed E-state index contributed by atoms with van der Waals surface area (Å²) in [6.07, 6.45) is 18.1. The molecule has 3 aliphatic carbocycles. The molecule has 0 aromatic heterocycles. The smallest absolute Gasteiger partial charge is 0.0733 e. The van der Waals surface area contributed by atoms with Crippen LogP contribution < -0.4 is 5.73 Å². The summed E-state index contributed by atoms with van der Waals surface area (Å²) in [5, 5.41) is 0. The summed E-state index contributed by atoms with van der Waals surface area (Å²) in [5.41, 5.74) is 6.32. The molecule has 3 aliphatic rings. The minimum Gasteiger partial charge on any atom is -0.393 e. The maximum absolute atomic E-state index is 5.86. The van der Waals surface area contributed by atoms with Crippen molar-refractivity contribution in [3.8, 4) is 0 Å². The van der Waals surface area contributed by atoms with E-state index in [1.807, 2.05) is 0 Å². The first-order chi connectivity index (χ1) is 10.2. The van der Waals surface area contributed by atoms with Gasteiger partial charge in [0, 0.05) is 25.0 Å². The predicted molar refractivity (Wildman–Crippen MR) is 93.5 cm³/mol. The zero-order chi connectivity index (χ0) is 14.7. The minimum absolute atomic E-state index is 0.459. The SMILES string of the molecule is NC(=S)CC1(CN(C2CCCCC2)C2CCCCC2)CC1. The van der Waals surface area contributed by atoms with Crippen LogP contribution in [0.1, 0.15) is 83.5 Å². The van der Waals surface area contributed by atoms with Gasteiger partial charge >= 0.3 is 0 Å². The number of hydrogen-bond acceptors (Lipinski definition) is 2. The lowest BCUT2D eigenvalue weighted by Gasteiger charge is -2.43. The Kier molecular flexibility index (Phi) is 5.21. The molecule has 2 nitrogen and oxygen atoms in total.